The predicted octanol–water partition coefficient (Wildman–Crippen LogP) is 3.35. The molecule has 108 valence electrons. The molecule has 0 saturated heterocycles. The fraction of sp³-hybridized carbons (Fsp3) is 0.263. The molecule has 0 atom stereocenters. The standard InChI is InChI=1S/C19H20O2/c1-16-10-11-19(18(15-16)9-5-6-13-20)21-14-12-17-7-3-2-4-8-17/h2-4,7-8,10-11,15,20H,6,12-14H2,1H3. The van der Waals surface area contributed by atoms with Crippen LogP contribution in [0.2, 0.25) is 0 Å². The molecule has 0 amide bonds. The smallest absolute Gasteiger partial charge is 0.134 e. The van der Waals surface area contributed by atoms with E-state index in [9.17, 15) is 0 Å². The van der Waals surface area contributed by atoms with E-state index in [0.29, 0.717) is 13.0 Å². The predicted molar refractivity (Wildman–Crippen MR) is 85.4 cm³/mol. The van der Waals surface area contributed by atoms with Crippen molar-refractivity contribution in [3.05, 3.63) is 65.2 Å². The molecule has 0 heterocycles. The molecule has 1 N–H and O–H groups in total. The quantitative estimate of drug-likeness (QED) is 0.851. The van der Waals surface area contributed by atoms with Crippen LogP contribution in [0.15, 0.2) is 48.5 Å². The summed E-state index contributed by atoms with van der Waals surface area (Å²) >= 11 is 0. The zero-order chi connectivity index (χ0) is 14.9. The summed E-state index contributed by atoms with van der Waals surface area (Å²) in [4.78, 5) is 0. The second-order valence-corrected chi connectivity index (χ2v) is 4.86. The Balaban J connectivity index is 2.01. The van der Waals surface area contributed by atoms with Gasteiger partial charge >= 0.3 is 0 Å². The van der Waals surface area contributed by atoms with Gasteiger partial charge < -0.3 is 9.84 Å². The van der Waals surface area contributed by atoms with Crippen LogP contribution in [-0.4, -0.2) is 18.3 Å². The number of aliphatic hydroxyl groups is 1. The number of aryl methyl sites for hydroxylation is 1. The van der Waals surface area contributed by atoms with Gasteiger partial charge in [0.1, 0.15) is 5.75 Å². The zero-order valence-corrected chi connectivity index (χ0v) is 12.3. The number of hydrogen-bond acceptors (Lipinski definition) is 2. The van der Waals surface area contributed by atoms with Gasteiger partial charge in [-0.3, -0.25) is 0 Å². The molecule has 2 aromatic carbocycles. The molecule has 0 radical (unpaired) electrons. The molecule has 0 bridgehead atoms. The van der Waals surface area contributed by atoms with Crippen molar-refractivity contribution in [2.75, 3.05) is 13.2 Å². The Kier molecular flexibility index (Phi) is 5.87. The van der Waals surface area contributed by atoms with Gasteiger partial charge in [0.15, 0.2) is 0 Å². The molecule has 0 fully saturated rings. The summed E-state index contributed by atoms with van der Waals surface area (Å²) in [5.74, 6) is 6.82. The number of aliphatic hydroxyl groups excluding tert-OH is 1. The van der Waals surface area contributed by atoms with Crippen molar-refractivity contribution >= 4 is 0 Å². The molecule has 2 aromatic rings. The summed E-state index contributed by atoms with van der Waals surface area (Å²) in [6, 6.07) is 16.3. The van der Waals surface area contributed by atoms with Gasteiger partial charge in [-0.1, -0.05) is 48.2 Å². The lowest BCUT2D eigenvalue weighted by Gasteiger charge is -2.09. The Morgan fingerprint density at radius 3 is 2.67 bits per heavy atom. The van der Waals surface area contributed by atoms with Gasteiger partial charge in [-0.05, 0) is 30.2 Å². The molecule has 2 rings (SSSR count). The fourth-order valence-electron chi connectivity index (χ4n) is 2.00. The van der Waals surface area contributed by atoms with Crippen molar-refractivity contribution in [3.8, 4) is 17.6 Å². The average molecular weight is 280 g/mol. The first-order valence-corrected chi connectivity index (χ1v) is 7.16. The Bertz CT molecular complexity index is 621. The van der Waals surface area contributed by atoms with Crippen LogP contribution in [0.3, 0.4) is 0 Å². The van der Waals surface area contributed by atoms with Crippen molar-refractivity contribution < 1.29 is 9.84 Å². The van der Waals surface area contributed by atoms with Gasteiger partial charge in [-0.25, -0.2) is 0 Å². The average Bonchev–Trinajstić information content (AvgIpc) is 2.51. The molecule has 0 spiro atoms. The Hall–Kier alpha value is -2.24. The van der Waals surface area contributed by atoms with Crippen LogP contribution < -0.4 is 4.74 Å². The van der Waals surface area contributed by atoms with Crippen molar-refractivity contribution in [1.29, 1.82) is 0 Å². The third kappa shape index (κ3) is 4.98. The third-order valence-electron chi connectivity index (χ3n) is 3.09. The van der Waals surface area contributed by atoms with E-state index in [4.69, 9.17) is 9.84 Å². The summed E-state index contributed by atoms with van der Waals surface area (Å²) in [5.41, 5.74) is 3.30. The Morgan fingerprint density at radius 2 is 1.90 bits per heavy atom. The summed E-state index contributed by atoms with van der Waals surface area (Å²) in [7, 11) is 0. The van der Waals surface area contributed by atoms with Gasteiger partial charge in [0.25, 0.3) is 0 Å². The normalized spacial score (nSPS) is 9.81. The highest BCUT2D eigenvalue weighted by molar-refractivity contribution is 5.48. The van der Waals surface area contributed by atoms with Gasteiger partial charge in [-0.15, -0.1) is 0 Å². The second-order valence-electron chi connectivity index (χ2n) is 4.86. The molecule has 0 aliphatic heterocycles. The maximum absolute atomic E-state index is 8.80. The lowest BCUT2D eigenvalue weighted by atomic mass is 10.1. The van der Waals surface area contributed by atoms with E-state index in [1.54, 1.807) is 0 Å². The lowest BCUT2D eigenvalue weighted by Crippen LogP contribution is -2.02. The summed E-state index contributed by atoms with van der Waals surface area (Å²) < 4.78 is 5.86. The minimum atomic E-state index is 0.0863. The largest absolute Gasteiger partial charge is 0.492 e. The monoisotopic (exact) mass is 280 g/mol. The van der Waals surface area contributed by atoms with Crippen molar-refractivity contribution in [2.24, 2.45) is 0 Å². The summed E-state index contributed by atoms with van der Waals surface area (Å²) in [5, 5.41) is 8.80. The molecule has 0 aromatic heterocycles. The minimum Gasteiger partial charge on any atom is -0.492 e. The molecule has 0 unspecified atom stereocenters. The SMILES string of the molecule is Cc1ccc(OCCc2ccccc2)c(C#CCCO)c1. The van der Waals surface area contributed by atoms with Gasteiger partial charge in [0.05, 0.1) is 18.8 Å². The molecule has 21 heavy (non-hydrogen) atoms. The fourth-order valence-corrected chi connectivity index (χ4v) is 2.00. The van der Waals surface area contributed by atoms with Gasteiger partial charge in [0.2, 0.25) is 0 Å². The van der Waals surface area contributed by atoms with Gasteiger partial charge in [0, 0.05) is 12.8 Å². The van der Waals surface area contributed by atoms with Crippen molar-refractivity contribution in [2.45, 2.75) is 19.8 Å². The maximum Gasteiger partial charge on any atom is 0.134 e. The Labute approximate surface area is 126 Å². The maximum atomic E-state index is 8.80. The van der Waals surface area contributed by atoms with Crippen LogP contribution in [0.1, 0.15) is 23.1 Å². The highest BCUT2D eigenvalue weighted by Crippen LogP contribution is 2.19. The lowest BCUT2D eigenvalue weighted by molar-refractivity contribution is 0.305. The zero-order valence-electron chi connectivity index (χ0n) is 12.3. The first-order valence-electron chi connectivity index (χ1n) is 7.16. The number of hydrogen-bond donors (Lipinski definition) is 1. The highest BCUT2D eigenvalue weighted by Gasteiger charge is 2.02. The topological polar surface area (TPSA) is 29.5 Å². The van der Waals surface area contributed by atoms with E-state index in [1.165, 1.54) is 5.56 Å². The molecule has 2 nitrogen and oxygen atoms in total. The van der Waals surface area contributed by atoms with E-state index < -0.39 is 0 Å². The minimum absolute atomic E-state index is 0.0863. The van der Waals surface area contributed by atoms with Crippen LogP contribution in [0.4, 0.5) is 0 Å². The number of benzene rings is 2. The van der Waals surface area contributed by atoms with E-state index in [-0.39, 0.29) is 6.61 Å². The van der Waals surface area contributed by atoms with Crippen LogP contribution >= 0.6 is 0 Å². The summed E-state index contributed by atoms with van der Waals surface area (Å²) in [6.07, 6.45) is 1.36. The highest BCUT2D eigenvalue weighted by atomic mass is 16.5. The van der Waals surface area contributed by atoms with E-state index in [0.717, 1.165) is 23.3 Å². The molecule has 0 aliphatic carbocycles. The number of ether oxygens (including phenoxy) is 1. The molecule has 0 saturated carbocycles. The van der Waals surface area contributed by atoms with Crippen molar-refractivity contribution in [1.82, 2.24) is 0 Å². The summed E-state index contributed by atoms with van der Waals surface area (Å²) in [6.45, 7) is 2.75. The number of rotatable bonds is 5. The molecule has 0 aliphatic rings. The van der Waals surface area contributed by atoms with Crippen LogP contribution in [-0.2, 0) is 6.42 Å². The Morgan fingerprint density at radius 1 is 1.10 bits per heavy atom. The van der Waals surface area contributed by atoms with Crippen LogP contribution in [0, 0.1) is 18.8 Å². The van der Waals surface area contributed by atoms with E-state index >= 15 is 0 Å². The second kappa shape index (κ2) is 8.14. The first-order chi connectivity index (χ1) is 10.3. The molecular weight excluding hydrogens is 260 g/mol. The third-order valence-corrected chi connectivity index (χ3v) is 3.09. The van der Waals surface area contributed by atoms with Gasteiger partial charge in [-0.2, -0.15) is 0 Å². The van der Waals surface area contributed by atoms with Crippen molar-refractivity contribution in [3.63, 3.8) is 0 Å². The van der Waals surface area contributed by atoms with Crippen LogP contribution in [0.5, 0.6) is 5.75 Å². The van der Waals surface area contributed by atoms with Crippen LogP contribution in [0.25, 0.3) is 0 Å². The first kappa shape index (κ1) is 15.2. The van der Waals surface area contributed by atoms with E-state index in [1.807, 2.05) is 43.3 Å². The molecular formula is C19H20O2. The molecule has 2 heteroatoms. The van der Waals surface area contributed by atoms with E-state index in [2.05, 4.69) is 24.0 Å².